The van der Waals surface area contributed by atoms with Crippen molar-refractivity contribution in [3.8, 4) is 28.7 Å². The first kappa shape index (κ1) is 15.2. The number of carbonyl (C=O) groups excluding carboxylic acids is 1. The third-order valence-corrected chi connectivity index (χ3v) is 3.02. The highest BCUT2D eigenvalue weighted by molar-refractivity contribution is 6.11. The van der Waals surface area contributed by atoms with Crippen molar-refractivity contribution >= 4 is 11.9 Å². The first-order valence-electron chi connectivity index (χ1n) is 6.27. The summed E-state index contributed by atoms with van der Waals surface area (Å²) in [4.78, 5) is 12.0. The number of methoxy groups -OCH3 is 1. The number of ether oxygens (including phenoxy) is 1. The summed E-state index contributed by atoms with van der Waals surface area (Å²) in [5, 5.41) is 37.9. The summed E-state index contributed by atoms with van der Waals surface area (Å²) in [7, 11) is 1.54. The highest BCUT2D eigenvalue weighted by Crippen LogP contribution is 2.42. The molecular weight excluding hydrogens is 288 g/mol. The van der Waals surface area contributed by atoms with Crippen LogP contribution in [0.2, 0.25) is 0 Å². The highest BCUT2D eigenvalue weighted by Gasteiger charge is 2.20. The van der Waals surface area contributed by atoms with Crippen molar-refractivity contribution in [1.29, 1.82) is 0 Å². The molecule has 0 aliphatic heterocycles. The van der Waals surface area contributed by atoms with Crippen molar-refractivity contribution in [2.45, 2.75) is 0 Å². The fraction of sp³-hybridized carbons (Fsp3) is 0.0625. The Kier molecular flexibility index (Phi) is 4.22. The third-order valence-electron chi connectivity index (χ3n) is 3.02. The molecule has 0 aromatic heterocycles. The van der Waals surface area contributed by atoms with Crippen LogP contribution in [0.4, 0.5) is 0 Å². The van der Waals surface area contributed by atoms with Gasteiger partial charge in [0.15, 0.2) is 17.3 Å². The molecule has 22 heavy (non-hydrogen) atoms. The molecule has 114 valence electrons. The van der Waals surface area contributed by atoms with E-state index in [4.69, 9.17) is 4.74 Å². The Morgan fingerprint density at radius 3 is 2.23 bits per heavy atom. The zero-order valence-electron chi connectivity index (χ0n) is 11.6. The SMILES string of the molecule is COc1ccc(/C=C/C(=O)c2c(O)cc(O)c(O)c2O)cc1. The summed E-state index contributed by atoms with van der Waals surface area (Å²) >= 11 is 0. The Morgan fingerprint density at radius 1 is 1.00 bits per heavy atom. The predicted molar refractivity (Wildman–Crippen MR) is 79.5 cm³/mol. The van der Waals surface area contributed by atoms with Gasteiger partial charge in [-0.2, -0.15) is 0 Å². The molecule has 0 radical (unpaired) electrons. The molecule has 2 rings (SSSR count). The smallest absolute Gasteiger partial charge is 0.201 e. The van der Waals surface area contributed by atoms with E-state index in [1.165, 1.54) is 13.2 Å². The number of phenols is 4. The van der Waals surface area contributed by atoms with Gasteiger partial charge in [0.05, 0.1) is 7.11 Å². The number of aromatic hydroxyl groups is 4. The number of hydrogen-bond acceptors (Lipinski definition) is 6. The molecule has 0 saturated carbocycles. The minimum absolute atomic E-state index is 0.486. The van der Waals surface area contributed by atoms with Crippen molar-refractivity contribution < 1.29 is 30.0 Å². The van der Waals surface area contributed by atoms with Crippen LogP contribution < -0.4 is 4.74 Å². The second-order valence-electron chi connectivity index (χ2n) is 4.46. The van der Waals surface area contributed by atoms with E-state index >= 15 is 0 Å². The molecule has 0 saturated heterocycles. The molecule has 4 N–H and O–H groups in total. The molecule has 6 nitrogen and oxygen atoms in total. The minimum atomic E-state index is -0.873. The number of carbonyl (C=O) groups is 1. The van der Waals surface area contributed by atoms with Gasteiger partial charge in [-0.25, -0.2) is 0 Å². The van der Waals surface area contributed by atoms with Gasteiger partial charge in [-0.1, -0.05) is 18.2 Å². The van der Waals surface area contributed by atoms with Crippen LogP contribution >= 0.6 is 0 Å². The molecule has 0 aliphatic rings. The van der Waals surface area contributed by atoms with E-state index in [1.807, 2.05) is 0 Å². The van der Waals surface area contributed by atoms with Crippen LogP contribution in [0, 0.1) is 0 Å². The first-order chi connectivity index (χ1) is 10.4. The molecule has 0 bridgehead atoms. The van der Waals surface area contributed by atoms with E-state index in [2.05, 4.69) is 0 Å². The number of benzene rings is 2. The van der Waals surface area contributed by atoms with E-state index in [9.17, 15) is 25.2 Å². The molecule has 6 heteroatoms. The maximum absolute atomic E-state index is 12.0. The molecule has 2 aromatic rings. The van der Waals surface area contributed by atoms with Gasteiger partial charge in [-0.05, 0) is 23.8 Å². The Labute approximate surface area is 126 Å². The van der Waals surface area contributed by atoms with Crippen molar-refractivity contribution in [1.82, 2.24) is 0 Å². The van der Waals surface area contributed by atoms with E-state index in [0.717, 1.165) is 12.1 Å². The van der Waals surface area contributed by atoms with Crippen molar-refractivity contribution in [3.05, 3.63) is 47.5 Å². The quantitative estimate of drug-likeness (QED) is 0.299. The van der Waals surface area contributed by atoms with Crippen LogP contribution in [0.1, 0.15) is 15.9 Å². The topological polar surface area (TPSA) is 107 Å². The van der Waals surface area contributed by atoms with Crippen LogP contribution in [-0.4, -0.2) is 33.3 Å². The number of hydrogen-bond donors (Lipinski definition) is 4. The van der Waals surface area contributed by atoms with Crippen LogP contribution in [0.25, 0.3) is 6.08 Å². The summed E-state index contributed by atoms with van der Waals surface area (Å²) in [5.41, 5.74) is 0.219. The molecule has 2 aromatic carbocycles. The standard InChI is InChI=1S/C16H14O6/c1-22-10-5-2-9(3-6-10)4-7-11(17)14-12(18)8-13(19)15(20)16(14)21/h2-8,18-21H,1H3/b7-4+. The van der Waals surface area contributed by atoms with Crippen LogP contribution in [-0.2, 0) is 0 Å². The third kappa shape index (κ3) is 2.95. The van der Waals surface area contributed by atoms with Gasteiger partial charge in [-0.15, -0.1) is 0 Å². The summed E-state index contributed by atoms with van der Waals surface area (Å²) < 4.78 is 5.01. The van der Waals surface area contributed by atoms with Crippen molar-refractivity contribution in [3.63, 3.8) is 0 Å². The average Bonchev–Trinajstić information content (AvgIpc) is 2.51. The van der Waals surface area contributed by atoms with Crippen molar-refractivity contribution in [2.24, 2.45) is 0 Å². The second-order valence-corrected chi connectivity index (χ2v) is 4.46. The van der Waals surface area contributed by atoms with Gasteiger partial charge in [0.25, 0.3) is 0 Å². The molecule has 0 heterocycles. The summed E-state index contributed by atoms with van der Waals surface area (Å²) in [6.07, 6.45) is 2.61. The van der Waals surface area contributed by atoms with Crippen molar-refractivity contribution in [2.75, 3.05) is 7.11 Å². The lowest BCUT2D eigenvalue weighted by Crippen LogP contribution is -1.96. The second kappa shape index (κ2) is 6.09. The Hall–Kier alpha value is -3.15. The molecule has 0 amide bonds. The van der Waals surface area contributed by atoms with Gasteiger partial charge in [0.2, 0.25) is 5.75 Å². The largest absolute Gasteiger partial charge is 0.507 e. The molecule has 0 unspecified atom stereocenters. The highest BCUT2D eigenvalue weighted by atomic mass is 16.5. The number of ketones is 1. The van der Waals surface area contributed by atoms with Gasteiger partial charge in [0.1, 0.15) is 17.1 Å². The van der Waals surface area contributed by atoms with E-state index < -0.39 is 34.3 Å². The van der Waals surface area contributed by atoms with Gasteiger partial charge in [-0.3, -0.25) is 4.79 Å². The predicted octanol–water partition coefficient (Wildman–Crippen LogP) is 2.41. The van der Waals surface area contributed by atoms with Crippen LogP contribution in [0.3, 0.4) is 0 Å². The van der Waals surface area contributed by atoms with Crippen LogP contribution in [0.5, 0.6) is 28.7 Å². The summed E-state index contributed by atoms with van der Waals surface area (Å²) in [6, 6.07) is 7.65. The first-order valence-corrected chi connectivity index (χ1v) is 6.27. The lowest BCUT2D eigenvalue weighted by Gasteiger charge is -2.07. The molecular formula is C16H14O6. The maximum atomic E-state index is 12.0. The lowest BCUT2D eigenvalue weighted by molar-refractivity contribution is 0.104. The van der Waals surface area contributed by atoms with E-state index in [0.29, 0.717) is 11.3 Å². The summed E-state index contributed by atoms with van der Waals surface area (Å²) in [5.74, 6) is -3.13. The summed E-state index contributed by atoms with van der Waals surface area (Å²) in [6.45, 7) is 0. The minimum Gasteiger partial charge on any atom is -0.507 e. The van der Waals surface area contributed by atoms with Crippen LogP contribution in [0.15, 0.2) is 36.4 Å². The number of rotatable bonds is 4. The zero-order valence-corrected chi connectivity index (χ0v) is 11.6. The molecule has 0 aliphatic carbocycles. The molecule has 0 atom stereocenters. The number of allylic oxidation sites excluding steroid dienone is 1. The van der Waals surface area contributed by atoms with E-state index in [-0.39, 0.29) is 0 Å². The van der Waals surface area contributed by atoms with Gasteiger partial charge < -0.3 is 25.2 Å². The Balaban J connectivity index is 2.29. The fourth-order valence-electron chi connectivity index (χ4n) is 1.84. The maximum Gasteiger partial charge on any atom is 0.201 e. The molecule has 0 spiro atoms. The monoisotopic (exact) mass is 302 g/mol. The average molecular weight is 302 g/mol. The fourth-order valence-corrected chi connectivity index (χ4v) is 1.84. The Morgan fingerprint density at radius 2 is 1.64 bits per heavy atom. The number of phenolic OH excluding ortho intramolecular Hbond substituents is 4. The van der Waals surface area contributed by atoms with Gasteiger partial charge >= 0.3 is 0 Å². The Bertz CT molecular complexity index is 731. The van der Waals surface area contributed by atoms with E-state index in [1.54, 1.807) is 24.3 Å². The lowest BCUT2D eigenvalue weighted by atomic mass is 10.1. The molecule has 0 fully saturated rings. The normalized spacial score (nSPS) is 10.8. The van der Waals surface area contributed by atoms with Gasteiger partial charge in [0, 0.05) is 6.07 Å². The zero-order chi connectivity index (χ0) is 16.3.